The first-order valence-electron chi connectivity index (χ1n) is 5.62. The molecule has 23 heavy (non-hydrogen) atoms. The predicted octanol–water partition coefficient (Wildman–Crippen LogP) is 3.55. The van der Waals surface area contributed by atoms with Gasteiger partial charge in [0.15, 0.2) is 0 Å². The van der Waals surface area contributed by atoms with Crippen LogP contribution in [-0.2, 0) is 12.4 Å². The van der Waals surface area contributed by atoms with E-state index in [9.17, 15) is 35.9 Å². The van der Waals surface area contributed by atoms with E-state index in [1.165, 1.54) is 0 Å². The maximum atomic E-state index is 12.0. The van der Waals surface area contributed by atoms with Gasteiger partial charge >= 0.3 is 12.4 Å². The summed E-state index contributed by atoms with van der Waals surface area (Å²) in [6.45, 7) is 0. The zero-order chi connectivity index (χ0) is 17.8. The summed E-state index contributed by atoms with van der Waals surface area (Å²) in [6.07, 6.45) is -7.54. The van der Waals surface area contributed by atoms with Gasteiger partial charge in [-0.25, -0.2) is 0 Å². The zero-order valence-corrected chi connectivity index (χ0v) is 12.4. The summed E-state index contributed by atoms with van der Waals surface area (Å²) in [5, 5.41) is 0. The molecule has 0 spiro atoms. The highest BCUT2D eigenvalue weighted by molar-refractivity contribution is 9.10. The fraction of sp³-hybridized carbons (Fsp3) is 0.167. The third kappa shape index (κ3) is 5.93. The molecular weight excluding hydrogens is 398 g/mol. The van der Waals surface area contributed by atoms with Crippen LogP contribution < -0.4 is 11.1 Å². The molecule has 2 N–H and O–H groups in total. The molecule has 2 aromatic rings. The Bertz CT molecular complexity index is 758. The van der Waals surface area contributed by atoms with Crippen LogP contribution in [0.2, 0.25) is 0 Å². The van der Waals surface area contributed by atoms with Gasteiger partial charge in [0.25, 0.3) is 5.56 Å². The number of aromatic amines is 2. The van der Waals surface area contributed by atoms with Crippen LogP contribution in [0, 0.1) is 0 Å². The van der Waals surface area contributed by atoms with E-state index in [-0.39, 0.29) is 4.47 Å². The minimum atomic E-state index is -4.42. The Labute approximate surface area is 132 Å². The Morgan fingerprint density at radius 2 is 1.35 bits per heavy atom. The first-order valence-corrected chi connectivity index (χ1v) is 6.42. The fourth-order valence-corrected chi connectivity index (χ4v) is 1.57. The van der Waals surface area contributed by atoms with Crippen LogP contribution in [0.3, 0.4) is 0 Å². The summed E-state index contributed by atoms with van der Waals surface area (Å²) in [7, 11) is 0. The van der Waals surface area contributed by atoms with Crippen molar-refractivity contribution in [1.29, 1.82) is 0 Å². The molecule has 0 saturated carbocycles. The maximum Gasteiger partial charge on any atom is 0.417 e. The molecule has 0 radical (unpaired) electrons. The molecule has 0 saturated heterocycles. The van der Waals surface area contributed by atoms with Crippen LogP contribution in [-0.4, -0.2) is 9.97 Å². The average molecular weight is 405 g/mol. The van der Waals surface area contributed by atoms with Crippen LogP contribution in [0.4, 0.5) is 26.3 Å². The molecule has 0 aliphatic rings. The monoisotopic (exact) mass is 404 g/mol. The molecule has 0 aliphatic carbocycles. The Morgan fingerprint density at radius 1 is 0.826 bits per heavy atom. The van der Waals surface area contributed by atoms with Gasteiger partial charge < -0.3 is 9.97 Å². The summed E-state index contributed by atoms with van der Waals surface area (Å²) in [4.78, 5) is 24.8. The van der Waals surface area contributed by atoms with Gasteiger partial charge in [-0.3, -0.25) is 9.59 Å². The Morgan fingerprint density at radius 3 is 1.74 bits per heavy atom. The second-order valence-electron chi connectivity index (χ2n) is 4.00. The number of rotatable bonds is 0. The van der Waals surface area contributed by atoms with E-state index in [4.69, 9.17) is 0 Å². The Balaban J connectivity index is 0.000000231. The maximum absolute atomic E-state index is 12.0. The van der Waals surface area contributed by atoms with Crippen LogP contribution in [0.1, 0.15) is 11.1 Å². The van der Waals surface area contributed by atoms with E-state index in [1.54, 1.807) is 0 Å². The van der Waals surface area contributed by atoms with Gasteiger partial charge in [0.2, 0.25) is 5.56 Å². The summed E-state index contributed by atoms with van der Waals surface area (Å²) in [6, 6.07) is 2.31. The summed E-state index contributed by atoms with van der Waals surface area (Å²) in [5.74, 6) is 0. The number of hydrogen-bond donors (Lipinski definition) is 2. The smallest absolute Gasteiger partial charge is 0.329 e. The van der Waals surface area contributed by atoms with Crippen molar-refractivity contribution in [3.8, 4) is 0 Å². The number of hydrogen-bond acceptors (Lipinski definition) is 2. The number of aromatic nitrogens is 2. The minimum absolute atomic E-state index is 0.127. The standard InChI is InChI=1S/C6H3BrF3NO.C6H4F3NO/c7-4-1-3(6(8,9)10)2-11-5(4)12;7-6(8,9)4-1-2-5(11)10-3-4/h1-2H,(H,11,12);1-3H,(H,10,11). The first kappa shape index (κ1) is 19.0. The largest absolute Gasteiger partial charge is 0.417 e. The summed E-state index contributed by atoms with van der Waals surface area (Å²) >= 11 is 2.69. The van der Waals surface area contributed by atoms with E-state index in [0.717, 1.165) is 18.2 Å². The van der Waals surface area contributed by atoms with Crippen molar-refractivity contribution in [1.82, 2.24) is 9.97 Å². The lowest BCUT2D eigenvalue weighted by molar-refractivity contribution is -0.138. The van der Waals surface area contributed by atoms with E-state index < -0.39 is 34.6 Å². The number of pyridine rings is 2. The highest BCUT2D eigenvalue weighted by atomic mass is 79.9. The lowest BCUT2D eigenvalue weighted by Gasteiger charge is -2.04. The van der Waals surface area contributed by atoms with Crippen LogP contribution in [0.15, 0.2) is 44.7 Å². The van der Waals surface area contributed by atoms with E-state index >= 15 is 0 Å². The third-order valence-electron chi connectivity index (χ3n) is 2.30. The molecule has 0 atom stereocenters. The Hall–Kier alpha value is -2.04. The molecule has 0 aromatic carbocycles. The number of alkyl halides is 6. The normalized spacial score (nSPS) is 11.6. The quantitative estimate of drug-likeness (QED) is 0.659. The first-order chi connectivity index (χ1) is 10.4. The van der Waals surface area contributed by atoms with Crippen molar-refractivity contribution in [3.63, 3.8) is 0 Å². The molecule has 0 fully saturated rings. The van der Waals surface area contributed by atoms with Gasteiger partial charge in [-0.1, -0.05) is 0 Å². The molecule has 0 amide bonds. The summed E-state index contributed by atoms with van der Waals surface area (Å²) < 4.78 is 71.1. The van der Waals surface area contributed by atoms with Crippen molar-refractivity contribution >= 4 is 15.9 Å². The molecule has 11 heteroatoms. The number of H-pyrrole nitrogens is 2. The molecule has 0 bridgehead atoms. The number of halogens is 7. The molecular formula is C12H7BrF6N2O2. The molecule has 4 nitrogen and oxygen atoms in total. The van der Waals surface area contributed by atoms with Crippen molar-refractivity contribution < 1.29 is 26.3 Å². The summed E-state index contributed by atoms with van der Waals surface area (Å²) in [5.41, 5.74) is -2.85. The van der Waals surface area contributed by atoms with Crippen molar-refractivity contribution in [2.45, 2.75) is 12.4 Å². The molecule has 2 aromatic heterocycles. The second-order valence-corrected chi connectivity index (χ2v) is 4.86. The van der Waals surface area contributed by atoms with Crippen LogP contribution in [0.25, 0.3) is 0 Å². The van der Waals surface area contributed by atoms with Gasteiger partial charge in [0.05, 0.1) is 15.6 Å². The average Bonchev–Trinajstić information content (AvgIpc) is 2.41. The lowest BCUT2D eigenvalue weighted by Crippen LogP contribution is -2.12. The van der Waals surface area contributed by atoms with E-state index in [1.807, 2.05) is 9.97 Å². The molecule has 2 rings (SSSR count). The topological polar surface area (TPSA) is 65.7 Å². The van der Waals surface area contributed by atoms with Crippen LogP contribution >= 0.6 is 15.9 Å². The highest BCUT2D eigenvalue weighted by Crippen LogP contribution is 2.29. The molecule has 2 heterocycles. The highest BCUT2D eigenvalue weighted by Gasteiger charge is 2.31. The Kier molecular flexibility index (Phi) is 5.81. The molecule has 0 aliphatic heterocycles. The van der Waals surface area contributed by atoms with E-state index in [0.29, 0.717) is 12.4 Å². The van der Waals surface area contributed by atoms with Gasteiger partial charge in [0, 0.05) is 18.5 Å². The number of nitrogens with one attached hydrogen (secondary N) is 2. The van der Waals surface area contributed by atoms with Crippen molar-refractivity contribution in [3.05, 3.63) is 66.9 Å². The van der Waals surface area contributed by atoms with Gasteiger partial charge in [0.1, 0.15) is 0 Å². The lowest BCUT2D eigenvalue weighted by atomic mass is 10.3. The van der Waals surface area contributed by atoms with Crippen molar-refractivity contribution in [2.75, 3.05) is 0 Å². The third-order valence-corrected chi connectivity index (χ3v) is 2.89. The fourth-order valence-electron chi connectivity index (χ4n) is 1.21. The van der Waals surface area contributed by atoms with Gasteiger partial charge in [-0.05, 0) is 28.1 Å². The van der Waals surface area contributed by atoms with Crippen molar-refractivity contribution in [2.24, 2.45) is 0 Å². The molecule has 0 unspecified atom stereocenters. The van der Waals surface area contributed by atoms with Crippen LogP contribution in [0.5, 0.6) is 0 Å². The predicted molar refractivity (Wildman–Crippen MR) is 71.8 cm³/mol. The second kappa shape index (κ2) is 7.02. The molecule has 126 valence electrons. The van der Waals surface area contributed by atoms with Gasteiger partial charge in [-0.15, -0.1) is 0 Å². The minimum Gasteiger partial charge on any atom is -0.329 e. The van der Waals surface area contributed by atoms with E-state index in [2.05, 4.69) is 15.9 Å². The SMILES string of the molecule is O=c1[nH]cc(C(F)(F)F)cc1Br.O=c1ccc(C(F)(F)F)c[nH]1. The van der Waals surface area contributed by atoms with Gasteiger partial charge in [-0.2, -0.15) is 26.3 Å². The zero-order valence-electron chi connectivity index (χ0n) is 10.8.